The van der Waals surface area contributed by atoms with Gasteiger partial charge >= 0.3 is 5.97 Å². The monoisotopic (exact) mass is 163 g/mol. The molecule has 0 saturated heterocycles. The SMILES string of the molecule is CC(O)(CCC(O)O)C([O])=O. The van der Waals surface area contributed by atoms with Crippen molar-refractivity contribution in [2.24, 2.45) is 0 Å². The summed E-state index contributed by atoms with van der Waals surface area (Å²) in [6.07, 6.45) is -2.03. The largest absolute Gasteiger partial charge is 0.386 e. The van der Waals surface area contributed by atoms with Crippen LogP contribution in [0.3, 0.4) is 0 Å². The third-order valence-corrected chi connectivity index (χ3v) is 1.33. The minimum absolute atomic E-state index is 0.193. The number of rotatable bonds is 4. The summed E-state index contributed by atoms with van der Waals surface area (Å²) < 4.78 is 0. The van der Waals surface area contributed by atoms with Crippen molar-refractivity contribution in [3.63, 3.8) is 0 Å². The van der Waals surface area contributed by atoms with E-state index in [9.17, 15) is 9.90 Å². The first-order chi connectivity index (χ1) is 4.86. The molecular weight excluding hydrogens is 152 g/mol. The van der Waals surface area contributed by atoms with Crippen molar-refractivity contribution in [2.75, 3.05) is 0 Å². The number of carbonyl (C=O) groups excluding carboxylic acids is 1. The summed E-state index contributed by atoms with van der Waals surface area (Å²) in [6, 6.07) is 0. The van der Waals surface area contributed by atoms with Gasteiger partial charge in [-0.2, -0.15) is 0 Å². The van der Waals surface area contributed by atoms with Crippen molar-refractivity contribution in [3.05, 3.63) is 0 Å². The lowest BCUT2D eigenvalue weighted by Gasteiger charge is -2.16. The number of carbonyl (C=O) groups is 1. The third-order valence-electron chi connectivity index (χ3n) is 1.33. The van der Waals surface area contributed by atoms with Crippen LogP contribution in [0.5, 0.6) is 0 Å². The minimum atomic E-state index is -1.98. The van der Waals surface area contributed by atoms with Crippen LogP contribution in [-0.4, -0.2) is 33.2 Å². The molecule has 0 saturated carbocycles. The Morgan fingerprint density at radius 3 is 2.27 bits per heavy atom. The first-order valence-electron chi connectivity index (χ1n) is 3.16. The fraction of sp³-hybridized carbons (Fsp3) is 0.833. The van der Waals surface area contributed by atoms with E-state index in [2.05, 4.69) is 0 Å². The average molecular weight is 163 g/mol. The van der Waals surface area contributed by atoms with E-state index in [1.54, 1.807) is 0 Å². The molecule has 1 radical (unpaired) electrons. The summed E-state index contributed by atoms with van der Waals surface area (Å²) >= 11 is 0. The lowest BCUT2D eigenvalue weighted by molar-refractivity contribution is -0.165. The van der Waals surface area contributed by atoms with Gasteiger partial charge in [0.1, 0.15) is 0 Å². The molecule has 0 aromatic carbocycles. The number of aliphatic hydroxyl groups is 3. The Hall–Kier alpha value is -0.650. The van der Waals surface area contributed by atoms with Crippen molar-refractivity contribution in [2.45, 2.75) is 31.7 Å². The van der Waals surface area contributed by atoms with E-state index in [0.717, 1.165) is 6.92 Å². The highest BCUT2D eigenvalue weighted by Crippen LogP contribution is 2.13. The average Bonchev–Trinajstić information content (AvgIpc) is 1.84. The molecule has 0 aromatic rings. The lowest BCUT2D eigenvalue weighted by Crippen LogP contribution is -2.34. The van der Waals surface area contributed by atoms with Gasteiger partial charge in [-0.15, -0.1) is 0 Å². The summed E-state index contributed by atoms with van der Waals surface area (Å²) in [7, 11) is 0. The van der Waals surface area contributed by atoms with Crippen LogP contribution in [0.15, 0.2) is 0 Å². The number of aliphatic hydroxyl groups excluding tert-OH is 1. The maximum atomic E-state index is 10.1. The second kappa shape index (κ2) is 3.66. The second-order valence-corrected chi connectivity index (χ2v) is 2.58. The van der Waals surface area contributed by atoms with Gasteiger partial charge in [-0.1, -0.05) is 0 Å². The van der Waals surface area contributed by atoms with Gasteiger partial charge in [-0.05, 0) is 13.3 Å². The summed E-state index contributed by atoms with van der Waals surface area (Å²) in [5.74, 6) is -1.61. The van der Waals surface area contributed by atoms with Gasteiger partial charge < -0.3 is 15.3 Å². The second-order valence-electron chi connectivity index (χ2n) is 2.58. The van der Waals surface area contributed by atoms with Crippen molar-refractivity contribution in [1.29, 1.82) is 0 Å². The Balaban J connectivity index is 3.83. The predicted molar refractivity (Wildman–Crippen MR) is 33.8 cm³/mol. The molecule has 0 bridgehead atoms. The summed E-state index contributed by atoms with van der Waals surface area (Å²) in [5, 5.41) is 35.7. The molecule has 3 N–H and O–H groups in total. The van der Waals surface area contributed by atoms with E-state index in [4.69, 9.17) is 15.3 Å². The van der Waals surface area contributed by atoms with Gasteiger partial charge in [0, 0.05) is 6.42 Å². The summed E-state index contributed by atoms with van der Waals surface area (Å²) in [5.41, 5.74) is -1.98. The fourth-order valence-electron chi connectivity index (χ4n) is 0.512. The quantitative estimate of drug-likeness (QED) is 0.453. The highest BCUT2D eigenvalue weighted by atomic mass is 16.5. The fourth-order valence-corrected chi connectivity index (χ4v) is 0.512. The zero-order valence-electron chi connectivity index (χ0n) is 6.15. The third kappa shape index (κ3) is 3.92. The molecule has 0 aliphatic heterocycles. The Kier molecular flexibility index (Phi) is 3.44. The zero-order valence-corrected chi connectivity index (χ0v) is 6.15. The molecule has 0 rings (SSSR count). The minimum Gasteiger partial charge on any atom is -0.378 e. The molecule has 0 amide bonds. The van der Waals surface area contributed by atoms with E-state index in [1.165, 1.54) is 0 Å². The smallest absolute Gasteiger partial charge is 0.378 e. The maximum absolute atomic E-state index is 10.1. The predicted octanol–water partition coefficient (Wildman–Crippen LogP) is -1.21. The van der Waals surface area contributed by atoms with E-state index in [1.807, 2.05) is 0 Å². The van der Waals surface area contributed by atoms with Gasteiger partial charge in [0.2, 0.25) is 0 Å². The molecule has 0 fully saturated rings. The van der Waals surface area contributed by atoms with Gasteiger partial charge in [0.05, 0.1) is 0 Å². The summed E-state index contributed by atoms with van der Waals surface area (Å²) in [6.45, 7) is 1.05. The normalized spacial score (nSPS) is 16.5. The van der Waals surface area contributed by atoms with Crippen molar-refractivity contribution >= 4 is 5.97 Å². The van der Waals surface area contributed by atoms with E-state index in [-0.39, 0.29) is 12.8 Å². The first kappa shape index (κ1) is 10.3. The van der Waals surface area contributed by atoms with Crippen LogP contribution in [0.4, 0.5) is 0 Å². The highest BCUT2D eigenvalue weighted by Gasteiger charge is 2.31. The van der Waals surface area contributed by atoms with Crippen molar-refractivity contribution in [1.82, 2.24) is 0 Å². The molecule has 1 unspecified atom stereocenters. The van der Waals surface area contributed by atoms with Crippen molar-refractivity contribution in [3.8, 4) is 0 Å². The van der Waals surface area contributed by atoms with E-state index >= 15 is 0 Å². The molecule has 5 heteroatoms. The molecular formula is C6H11O5. The molecule has 1 atom stereocenters. The van der Waals surface area contributed by atoms with Gasteiger partial charge in [-0.25, -0.2) is 9.90 Å². The van der Waals surface area contributed by atoms with Crippen LogP contribution in [0.1, 0.15) is 19.8 Å². The van der Waals surface area contributed by atoms with Gasteiger partial charge in [-0.3, -0.25) is 0 Å². The highest BCUT2D eigenvalue weighted by molar-refractivity contribution is 5.75. The van der Waals surface area contributed by atoms with Gasteiger partial charge in [0.15, 0.2) is 11.9 Å². The molecule has 0 aliphatic rings. The standard InChI is InChI=1S/C6H11O5/c1-6(11,5(9)10)3-2-4(7)8/h4,7-8,11H,2-3H2,1H3. The molecule has 65 valence electrons. The number of hydrogen-bond donors (Lipinski definition) is 3. The van der Waals surface area contributed by atoms with E-state index < -0.39 is 17.9 Å². The molecule has 11 heavy (non-hydrogen) atoms. The molecule has 0 spiro atoms. The first-order valence-corrected chi connectivity index (χ1v) is 3.16. The summed E-state index contributed by atoms with van der Waals surface area (Å²) in [4.78, 5) is 10.1. The van der Waals surface area contributed by atoms with Crippen LogP contribution in [0.25, 0.3) is 0 Å². The maximum Gasteiger partial charge on any atom is 0.386 e. The van der Waals surface area contributed by atoms with Gasteiger partial charge in [0.25, 0.3) is 0 Å². The van der Waals surface area contributed by atoms with Crippen molar-refractivity contribution < 1.29 is 25.2 Å². The topological polar surface area (TPSA) is 97.7 Å². The molecule has 0 aliphatic carbocycles. The Labute approximate surface area is 63.9 Å². The Morgan fingerprint density at radius 1 is 1.55 bits per heavy atom. The Morgan fingerprint density at radius 2 is 2.00 bits per heavy atom. The van der Waals surface area contributed by atoms with Crippen LogP contribution in [0, 0.1) is 0 Å². The van der Waals surface area contributed by atoms with Crippen LogP contribution in [-0.2, 0) is 9.90 Å². The van der Waals surface area contributed by atoms with Crippen LogP contribution >= 0.6 is 0 Å². The van der Waals surface area contributed by atoms with Crippen LogP contribution < -0.4 is 0 Å². The molecule has 0 aromatic heterocycles. The zero-order chi connectivity index (χ0) is 9.07. The molecule has 5 nitrogen and oxygen atoms in total. The number of hydrogen-bond acceptors (Lipinski definition) is 4. The Bertz CT molecular complexity index is 140. The van der Waals surface area contributed by atoms with E-state index in [0.29, 0.717) is 0 Å². The molecule has 0 heterocycles. The van der Waals surface area contributed by atoms with Crippen LogP contribution in [0.2, 0.25) is 0 Å². The lowest BCUT2D eigenvalue weighted by atomic mass is 10.0.